The summed E-state index contributed by atoms with van der Waals surface area (Å²) in [6.45, 7) is 4.34. The van der Waals surface area contributed by atoms with Crippen LogP contribution in [-0.2, 0) is 10.8 Å². The molecule has 0 radical (unpaired) electrons. The van der Waals surface area contributed by atoms with Crippen LogP contribution in [0.2, 0.25) is 0 Å². The Morgan fingerprint density at radius 2 is 2.20 bits per heavy atom. The van der Waals surface area contributed by atoms with Crippen LogP contribution in [0.4, 0.5) is 0 Å². The molecule has 0 aromatic rings. The highest BCUT2D eigenvalue weighted by Gasteiger charge is 2.22. The molecule has 0 aliphatic carbocycles. The molecule has 0 spiro atoms. The van der Waals surface area contributed by atoms with E-state index in [0.717, 1.165) is 12.2 Å². The second-order valence-corrected chi connectivity index (χ2v) is 5.02. The first-order chi connectivity index (χ1) is 4.74. The van der Waals surface area contributed by atoms with Crippen LogP contribution in [0.5, 0.6) is 0 Å². The van der Waals surface area contributed by atoms with Gasteiger partial charge in [-0.15, -0.1) is 0 Å². The molecule has 1 aliphatic rings. The molecule has 0 aromatic heterocycles. The summed E-state index contributed by atoms with van der Waals surface area (Å²) in [6, 6.07) is 0. The summed E-state index contributed by atoms with van der Waals surface area (Å²) >= 11 is 0. The van der Waals surface area contributed by atoms with E-state index in [-0.39, 0.29) is 0 Å². The molecule has 0 bridgehead atoms. The van der Waals surface area contributed by atoms with Gasteiger partial charge in [0, 0.05) is 21.8 Å². The molecule has 1 aliphatic heterocycles. The van der Waals surface area contributed by atoms with Crippen LogP contribution in [0.3, 0.4) is 0 Å². The van der Waals surface area contributed by atoms with Crippen molar-refractivity contribution in [1.29, 1.82) is 0 Å². The van der Waals surface area contributed by atoms with Gasteiger partial charge in [-0.1, -0.05) is 13.8 Å². The zero-order valence-corrected chi connectivity index (χ0v) is 7.62. The van der Waals surface area contributed by atoms with Gasteiger partial charge in [0.05, 0.1) is 0 Å². The highest BCUT2D eigenvalue weighted by atomic mass is 32.2. The van der Waals surface area contributed by atoms with Crippen molar-refractivity contribution >= 4 is 10.8 Å². The summed E-state index contributed by atoms with van der Waals surface area (Å²) in [5.74, 6) is 1.64. The van der Waals surface area contributed by atoms with Gasteiger partial charge in [0.15, 0.2) is 0 Å². The van der Waals surface area contributed by atoms with Crippen molar-refractivity contribution in [3.63, 3.8) is 0 Å². The van der Waals surface area contributed by atoms with Gasteiger partial charge < -0.3 is 0 Å². The maximum Gasteiger partial charge on any atom is 0.0345 e. The summed E-state index contributed by atoms with van der Waals surface area (Å²) in [5.41, 5.74) is 0. The standard InChI is InChI=1S/C8H16OS/c1-3-8-5-4-7(2)6-10(8)9/h7-8H,3-6H2,1-2H3. The number of rotatable bonds is 1. The predicted molar refractivity (Wildman–Crippen MR) is 45.5 cm³/mol. The quantitative estimate of drug-likeness (QED) is 0.573. The van der Waals surface area contributed by atoms with Crippen molar-refractivity contribution in [1.82, 2.24) is 0 Å². The van der Waals surface area contributed by atoms with Crippen LogP contribution in [0.25, 0.3) is 0 Å². The summed E-state index contributed by atoms with van der Waals surface area (Å²) in [5, 5.41) is 0.510. The van der Waals surface area contributed by atoms with Crippen molar-refractivity contribution in [2.24, 2.45) is 5.92 Å². The lowest BCUT2D eigenvalue weighted by Crippen LogP contribution is -2.26. The van der Waals surface area contributed by atoms with Gasteiger partial charge in [-0.2, -0.15) is 0 Å². The molecule has 1 saturated heterocycles. The van der Waals surface area contributed by atoms with Crippen molar-refractivity contribution in [2.75, 3.05) is 5.75 Å². The Labute approximate surface area is 65.7 Å². The molecule has 1 heterocycles. The van der Waals surface area contributed by atoms with Crippen LogP contribution < -0.4 is 0 Å². The first-order valence-electron chi connectivity index (χ1n) is 4.11. The Morgan fingerprint density at radius 1 is 1.50 bits per heavy atom. The van der Waals surface area contributed by atoms with Crippen molar-refractivity contribution in [3.05, 3.63) is 0 Å². The van der Waals surface area contributed by atoms with Gasteiger partial charge in [0.2, 0.25) is 0 Å². The third-order valence-electron chi connectivity index (χ3n) is 2.26. The monoisotopic (exact) mass is 160 g/mol. The highest BCUT2D eigenvalue weighted by molar-refractivity contribution is 7.85. The van der Waals surface area contributed by atoms with E-state index in [4.69, 9.17) is 0 Å². The van der Waals surface area contributed by atoms with E-state index in [2.05, 4.69) is 13.8 Å². The largest absolute Gasteiger partial charge is 0.259 e. The average molecular weight is 160 g/mol. The Balaban J connectivity index is 2.43. The summed E-state index contributed by atoms with van der Waals surface area (Å²) in [6.07, 6.45) is 3.56. The molecule has 3 unspecified atom stereocenters. The molecule has 1 rings (SSSR count). The smallest absolute Gasteiger partial charge is 0.0345 e. The van der Waals surface area contributed by atoms with E-state index < -0.39 is 10.8 Å². The minimum Gasteiger partial charge on any atom is -0.259 e. The first-order valence-corrected chi connectivity index (χ1v) is 5.49. The lowest BCUT2D eigenvalue weighted by Gasteiger charge is -2.24. The lowest BCUT2D eigenvalue weighted by molar-refractivity contribution is 0.505. The van der Waals surface area contributed by atoms with Crippen LogP contribution in [0, 0.1) is 5.92 Å². The van der Waals surface area contributed by atoms with Gasteiger partial charge in [-0.25, -0.2) is 0 Å². The second-order valence-electron chi connectivity index (χ2n) is 3.26. The summed E-state index contributed by atoms with van der Waals surface area (Å²) in [4.78, 5) is 0. The van der Waals surface area contributed by atoms with E-state index >= 15 is 0 Å². The second kappa shape index (κ2) is 3.51. The SMILES string of the molecule is CCC1CCC(C)CS1=O. The Hall–Kier alpha value is 0.150. The van der Waals surface area contributed by atoms with Gasteiger partial charge in [-0.3, -0.25) is 4.21 Å². The fraction of sp³-hybridized carbons (Fsp3) is 1.00. The molecule has 3 atom stereocenters. The Bertz CT molecular complexity index is 133. The molecule has 60 valence electrons. The molecule has 0 saturated carbocycles. The van der Waals surface area contributed by atoms with Gasteiger partial charge in [0.1, 0.15) is 0 Å². The van der Waals surface area contributed by atoms with Gasteiger partial charge in [0.25, 0.3) is 0 Å². The zero-order chi connectivity index (χ0) is 7.56. The van der Waals surface area contributed by atoms with E-state index in [0.29, 0.717) is 11.2 Å². The molecule has 1 nitrogen and oxygen atoms in total. The van der Waals surface area contributed by atoms with Crippen molar-refractivity contribution in [3.8, 4) is 0 Å². The van der Waals surface area contributed by atoms with Gasteiger partial charge in [-0.05, 0) is 25.2 Å². The van der Waals surface area contributed by atoms with Crippen LogP contribution in [0.1, 0.15) is 33.1 Å². The normalized spacial score (nSPS) is 41.6. The van der Waals surface area contributed by atoms with E-state index in [1.54, 1.807) is 0 Å². The van der Waals surface area contributed by atoms with Crippen LogP contribution in [0.15, 0.2) is 0 Å². The predicted octanol–water partition coefficient (Wildman–Crippen LogP) is 1.94. The first kappa shape index (κ1) is 8.25. The number of hydrogen-bond donors (Lipinski definition) is 0. The fourth-order valence-corrected chi connectivity index (χ4v) is 3.26. The van der Waals surface area contributed by atoms with Gasteiger partial charge >= 0.3 is 0 Å². The minimum atomic E-state index is -0.508. The zero-order valence-electron chi connectivity index (χ0n) is 6.80. The maximum absolute atomic E-state index is 11.3. The van der Waals surface area contributed by atoms with Crippen molar-refractivity contribution < 1.29 is 4.21 Å². The molecule has 10 heavy (non-hydrogen) atoms. The molecule has 0 amide bonds. The molecule has 2 heteroatoms. The molecule has 0 aromatic carbocycles. The molecular formula is C8H16OS. The Kier molecular flexibility index (Phi) is 2.90. The summed E-state index contributed by atoms with van der Waals surface area (Å²) < 4.78 is 11.3. The average Bonchev–Trinajstić information content (AvgIpc) is 1.88. The van der Waals surface area contributed by atoms with E-state index in [9.17, 15) is 4.21 Å². The van der Waals surface area contributed by atoms with E-state index in [1.807, 2.05) is 0 Å². The van der Waals surface area contributed by atoms with Crippen LogP contribution in [-0.4, -0.2) is 15.2 Å². The minimum absolute atomic E-state index is 0.508. The van der Waals surface area contributed by atoms with Crippen LogP contribution >= 0.6 is 0 Å². The molecule has 0 N–H and O–H groups in total. The number of hydrogen-bond acceptors (Lipinski definition) is 1. The lowest BCUT2D eigenvalue weighted by atomic mass is 10.0. The third-order valence-corrected chi connectivity index (χ3v) is 4.47. The van der Waals surface area contributed by atoms with E-state index in [1.165, 1.54) is 12.8 Å². The molecular weight excluding hydrogens is 144 g/mol. The summed E-state index contributed by atoms with van der Waals surface area (Å²) in [7, 11) is -0.508. The third kappa shape index (κ3) is 1.82. The topological polar surface area (TPSA) is 17.1 Å². The maximum atomic E-state index is 11.3. The highest BCUT2D eigenvalue weighted by Crippen LogP contribution is 2.22. The fourth-order valence-electron chi connectivity index (χ4n) is 1.49. The van der Waals surface area contributed by atoms with Crippen molar-refractivity contribution in [2.45, 2.75) is 38.4 Å². The molecule has 1 fully saturated rings. The Morgan fingerprint density at radius 3 is 2.70 bits per heavy atom.